The third-order valence-electron chi connectivity index (χ3n) is 5.00. The number of hydrogen-bond acceptors (Lipinski definition) is 4. The molecule has 4 nitrogen and oxygen atoms in total. The van der Waals surface area contributed by atoms with Gasteiger partial charge in [0.25, 0.3) is 0 Å². The Labute approximate surface area is 125 Å². The van der Waals surface area contributed by atoms with E-state index in [0.717, 1.165) is 19.3 Å². The number of aliphatic hydroxyl groups is 1. The zero-order valence-corrected chi connectivity index (χ0v) is 12.9. The maximum Gasteiger partial charge on any atom is 0.302 e. The molecule has 0 saturated heterocycles. The van der Waals surface area contributed by atoms with Crippen molar-refractivity contribution in [3.63, 3.8) is 0 Å². The van der Waals surface area contributed by atoms with Gasteiger partial charge in [0.15, 0.2) is 5.78 Å². The molecule has 0 aliphatic heterocycles. The summed E-state index contributed by atoms with van der Waals surface area (Å²) in [5.41, 5.74) is 1.55. The fourth-order valence-corrected chi connectivity index (χ4v) is 3.50. The summed E-state index contributed by atoms with van der Waals surface area (Å²) in [5.74, 6) is 0.115. The minimum absolute atomic E-state index is 0.0281. The molecule has 116 valence electrons. The third kappa shape index (κ3) is 3.26. The van der Waals surface area contributed by atoms with Gasteiger partial charge >= 0.3 is 5.97 Å². The molecule has 4 heteroatoms. The summed E-state index contributed by atoms with van der Waals surface area (Å²) in [7, 11) is 0. The highest BCUT2D eigenvalue weighted by Crippen LogP contribution is 2.56. The Morgan fingerprint density at radius 2 is 2.29 bits per heavy atom. The fourth-order valence-electron chi connectivity index (χ4n) is 3.50. The zero-order chi connectivity index (χ0) is 15.6. The van der Waals surface area contributed by atoms with Crippen molar-refractivity contribution in [3.05, 3.63) is 23.8 Å². The predicted molar refractivity (Wildman–Crippen MR) is 79.5 cm³/mol. The van der Waals surface area contributed by atoms with E-state index in [0.29, 0.717) is 17.9 Å². The van der Waals surface area contributed by atoms with E-state index in [2.05, 4.69) is 6.58 Å². The zero-order valence-electron chi connectivity index (χ0n) is 12.9. The third-order valence-corrected chi connectivity index (χ3v) is 5.00. The molecule has 0 heterocycles. The molecule has 0 aromatic carbocycles. The smallest absolute Gasteiger partial charge is 0.302 e. The van der Waals surface area contributed by atoms with Crippen LogP contribution in [0.3, 0.4) is 0 Å². The van der Waals surface area contributed by atoms with E-state index in [1.54, 1.807) is 0 Å². The Balaban J connectivity index is 2.15. The molecule has 0 bridgehead atoms. The van der Waals surface area contributed by atoms with Crippen molar-refractivity contribution in [1.82, 2.24) is 0 Å². The summed E-state index contributed by atoms with van der Waals surface area (Å²) >= 11 is 0. The number of allylic oxidation sites excluding steroid dienone is 2. The first-order valence-corrected chi connectivity index (χ1v) is 7.51. The van der Waals surface area contributed by atoms with Crippen LogP contribution in [0.15, 0.2) is 23.8 Å². The van der Waals surface area contributed by atoms with Crippen LogP contribution in [0.4, 0.5) is 0 Å². The molecule has 0 aromatic rings. The predicted octanol–water partition coefficient (Wildman–Crippen LogP) is 2.42. The first kappa shape index (κ1) is 16.0. The average Bonchev–Trinajstić information content (AvgIpc) is 2.48. The van der Waals surface area contributed by atoms with Crippen LogP contribution in [0.2, 0.25) is 0 Å². The number of rotatable bonds is 3. The van der Waals surface area contributed by atoms with Gasteiger partial charge in [0.2, 0.25) is 0 Å². The molecule has 1 fully saturated rings. The summed E-state index contributed by atoms with van der Waals surface area (Å²) in [4.78, 5) is 23.4. The van der Waals surface area contributed by atoms with Gasteiger partial charge in [-0.1, -0.05) is 25.2 Å². The lowest BCUT2D eigenvalue weighted by molar-refractivity contribution is -0.140. The summed E-state index contributed by atoms with van der Waals surface area (Å²) in [6, 6.07) is 0. The topological polar surface area (TPSA) is 63.6 Å². The maximum absolute atomic E-state index is 12.5. The molecule has 0 spiro atoms. The van der Waals surface area contributed by atoms with Gasteiger partial charge in [-0.15, -0.1) is 0 Å². The van der Waals surface area contributed by atoms with Crippen LogP contribution in [-0.2, 0) is 14.3 Å². The highest BCUT2D eigenvalue weighted by atomic mass is 16.5. The average molecular weight is 292 g/mol. The Morgan fingerprint density at radius 3 is 2.90 bits per heavy atom. The molecule has 1 N–H and O–H groups in total. The van der Waals surface area contributed by atoms with Crippen molar-refractivity contribution < 1.29 is 19.4 Å². The molecule has 0 unspecified atom stereocenters. The quantitative estimate of drug-likeness (QED) is 0.641. The number of fused-ring (bicyclic) bond motifs is 1. The van der Waals surface area contributed by atoms with Crippen molar-refractivity contribution in [2.75, 3.05) is 13.2 Å². The second-order valence-electron chi connectivity index (χ2n) is 6.56. The minimum atomic E-state index is -0.380. The normalized spacial score (nSPS) is 35.5. The molecule has 2 aliphatic carbocycles. The van der Waals surface area contributed by atoms with Crippen LogP contribution in [0.25, 0.3) is 0 Å². The Morgan fingerprint density at radius 1 is 1.57 bits per heavy atom. The Hall–Kier alpha value is -1.42. The molecular weight excluding hydrogens is 268 g/mol. The molecule has 0 aromatic heterocycles. The Bertz CT molecular complexity index is 491. The summed E-state index contributed by atoms with van der Waals surface area (Å²) in [6.45, 7) is 7.67. The molecule has 1 saturated carbocycles. The summed E-state index contributed by atoms with van der Waals surface area (Å²) < 4.78 is 4.97. The highest BCUT2D eigenvalue weighted by molar-refractivity contribution is 5.96. The van der Waals surface area contributed by atoms with Gasteiger partial charge in [0, 0.05) is 25.5 Å². The van der Waals surface area contributed by atoms with E-state index < -0.39 is 0 Å². The maximum atomic E-state index is 12.5. The summed E-state index contributed by atoms with van der Waals surface area (Å²) in [5, 5.41) is 9.61. The molecular formula is C17H24O4. The van der Waals surface area contributed by atoms with Crippen LogP contribution in [0.5, 0.6) is 0 Å². The number of carbonyl (C=O) groups excluding carboxylic acids is 2. The largest absolute Gasteiger partial charge is 0.461 e. The van der Waals surface area contributed by atoms with Crippen LogP contribution < -0.4 is 0 Å². The molecule has 2 rings (SSSR count). The number of esters is 1. The Kier molecular flexibility index (Phi) is 4.67. The number of hydrogen-bond donors (Lipinski definition) is 1. The highest BCUT2D eigenvalue weighted by Gasteiger charge is 2.51. The van der Waals surface area contributed by atoms with Crippen LogP contribution in [0.1, 0.15) is 39.5 Å². The van der Waals surface area contributed by atoms with E-state index in [1.165, 1.54) is 12.5 Å². The van der Waals surface area contributed by atoms with E-state index in [9.17, 15) is 14.7 Å². The monoisotopic (exact) mass is 292 g/mol. The van der Waals surface area contributed by atoms with E-state index in [1.807, 2.05) is 13.0 Å². The minimum Gasteiger partial charge on any atom is -0.461 e. The molecule has 0 amide bonds. The van der Waals surface area contributed by atoms with Crippen molar-refractivity contribution in [3.8, 4) is 0 Å². The van der Waals surface area contributed by atoms with Crippen LogP contribution >= 0.6 is 0 Å². The van der Waals surface area contributed by atoms with Crippen LogP contribution in [-0.4, -0.2) is 30.1 Å². The van der Waals surface area contributed by atoms with Gasteiger partial charge in [-0.25, -0.2) is 0 Å². The number of ether oxygens (including phenoxy) is 1. The molecule has 3 atom stereocenters. The van der Waals surface area contributed by atoms with Gasteiger partial charge in [-0.05, 0) is 36.5 Å². The van der Waals surface area contributed by atoms with Crippen molar-refractivity contribution in [1.29, 1.82) is 0 Å². The number of aliphatic hydroxyl groups excluding tert-OH is 1. The van der Waals surface area contributed by atoms with Gasteiger partial charge in [0.05, 0.1) is 0 Å². The first-order valence-electron chi connectivity index (χ1n) is 7.51. The fraction of sp³-hybridized carbons (Fsp3) is 0.647. The van der Waals surface area contributed by atoms with Gasteiger partial charge in [-0.2, -0.15) is 0 Å². The standard InChI is InChI=1S/C17H24O4/c1-11-5-4-6-13(9-21-12(2)19)16(20)7-15-14(11)8-17(15,3)10-18/h6,14-15,18H,1,4-5,7-10H2,2-3H3/b13-6-/t14-,15-,17+/m1/s1. The SMILES string of the molecule is C=C1CC/C=C(/COC(C)=O)C(=O)C[C@@H]2[C@@H]1C[C@@]2(C)CO. The van der Waals surface area contributed by atoms with Crippen molar-refractivity contribution in [2.24, 2.45) is 17.3 Å². The number of ketones is 1. The van der Waals surface area contributed by atoms with Gasteiger partial charge < -0.3 is 9.84 Å². The number of Topliss-reactive ketones (excluding diaryl/α,β-unsaturated/α-hetero) is 1. The molecule has 21 heavy (non-hydrogen) atoms. The lowest BCUT2D eigenvalue weighted by Gasteiger charge is -2.53. The van der Waals surface area contributed by atoms with E-state index in [-0.39, 0.29) is 36.3 Å². The summed E-state index contributed by atoms with van der Waals surface area (Å²) in [6.07, 6.45) is 4.77. The van der Waals surface area contributed by atoms with Crippen molar-refractivity contribution >= 4 is 11.8 Å². The van der Waals surface area contributed by atoms with Crippen molar-refractivity contribution in [2.45, 2.75) is 39.5 Å². The van der Waals surface area contributed by atoms with Gasteiger partial charge in [0.1, 0.15) is 6.61 Å². The molecule has 0 radical (unpaired) electrons. The van der Waals surface area contributed by atoms with Crippen LogP contribution in [0, 0.1) is 17.3 Å². The lowest BCUT2D eigenvalue weighted by Crippen LogP contribution is -2.49. The first-order chi connectivity index (χ1) is 9.87. The lowest BCUT2D eigenvalue weighted by atomic mass is 9.51. The van der Waals surface area contributed by atoms with E-state index >= 15 is 0 Å². The second-order valence-corrected chi connectivity index (χ2v) is 6.56. The number of carbonyl (C=O) groups is 2. The second kappa shape index (κ2) is 6.14. The van der Waals surface area contributed by atoms with E-state index in [4.69, 9.17) is 4.74 Å². The van der Waals surface area contributed by atoms with Gasteiger partial charge in [-0.3, -0.25) is 9.59 Å². The molecule has 2 aliphatic rings.